The van der Waals surface area contributed by atoms with Crippen LogP contribution in [0.5, 0.6) is 5.75 Å². The molecule has 0 N–H and O–H groups in total. The van der Waals surface area contributed by atoms with Crippen LogP contribution in [0.2, 0.25) is 10.0 Å². The third-order valence-electron chi connectivity index (χ3n) is 2.87. The molecule has 0 saturated heterocycles. The van der Waals surface area contributed by atoms with Crippen LogP contribution in [0.15, 0.2) is 18.2 Å². The zero-order chi connectivity index (χ0) is 13.1. The number of hydrogen-bond acceptors (Lipinski definition) is 2. The van der Waals surface area contributed by atoms with E-state index in [1.165, 1.54) is 0 Å². The van der Waals surface area contributed by atoms with Crippen LogP contribution in [-0.2, 0) is 4.74 Å². The molecule has 0 bridgehead atoms. The van der Waals surface area contributed by atoms with Gasteiger partial charge < -0.3 is 9.47 Å². The number of hydrogen-bond donors (Lipinski definition) is 0. The minimum Gasteiger partial charge on any atom is -0.486 e. The van der Waals surface area contributed by atoms with E-state index in [-0.39, 0.29) is 12.2 Å². The molecule has 3 atom stereocenters. The lowest BCUT2D eigenvalue weighted by Gasteiger charge is -2.41. The van der Waals surface area contributed by atoms with Gasteiger partial charge in [-0.2, -0.15) is 0 Å². The average molecular weight is 354 g/mol. The molecule has 2 nitrogen and oxygen atoms in total. The molecular formula is C13H15BrCl2O2. The first-order valence-electron chi connectivity index (χ1n) is 5.99. The summed E-state index contributed by atoms with van der Waals surface area (Å²) in [5.41, 5.74) is 0. The van der Waals surface area contributed by atoms with Crippen molar-refractivity contribution < 1.29 is 9.47 Å². The summed E-state index contributed by atoms with van der Waals surface area (Å²) in [5, 5.41) is 1.20. The Morgan fingerprint density at radius 1 is 1.39 bits per heavy atom. The van der Waals surface area contributed by atoms with E-state index in [9.17, 15) is 0 Å². The normalized spacial score (nSPS) is 26.8. The largest absolute Gasteiger partial charge is 0.486 e. The Morgan fingerprint density at radius 3 is 2.83 bits per heavy atom. The van der Waals surface area contributed by atoms with Crippen molar-refractivity contribution in [2.75, 3.05) is 6.61 Å². The SMILES string of the molecule is CCCOC1C(Br)CC1Oc1cc(Cl)ccc1Cl. The minimum absolute atomic E-state index is 0.0388. The number of halogens is 3. The van der Waals surface area contributed by atoms with Crippen molar-refractivity contribution in [3.8, 4) is 5.75 Å². The Bertz CT molecular complexity index is 414. The highest BCUT2D eigenvalue weighted by Crippen LogP contribution is 2.37. The maximum absolute atomic E-state index is 6.07. The summed E-state index contributed by atoms with van der Waals surface area (Å²) in [7, 11) is 0. The van der Waals surface area contributed by atoms with Crippen molar-refractivity contribution in [2.45, 2.75) is 36.8 Å². The minimum atomic E-state index is 0.0388. The van der Waals surface area contributed by atoms with Crippen molar-refractivity contribution in [1.29, 1.82) is 0 Å². The number of ether oxygens (including phenoxy) is 2. The molecule has 0 heterocycles. The first kappa shape index (κ1) is 14.4. The molecule has 0 amide bonds. The van der Waals surface area contributed by atoms with Crippen molar-refractivity contribution in [3.05, 3.63) is 28.2 Å². The Kier molecular flexibility index (Phi) is 5.19. The summed E-state index contributed by atoms with van der Waals surface area (Å²) >= 11 is 15.6. The third-order valence-corrected chi connectivity index (χ3v) is 4.31. The fourth-order valence-electron chi connectivity index (χ4n) is 1.84. The maximum Gasteiger partial charge on any atom is 0.139 e. The van der Waals surface area contributed by atoms with Crippen LogP contribution < -0.4 is 4.74 Å². The molecule has 18 heavy (non-hydrogen) atoms. The lowest BCUT2D eigenvalue weighted by molar-refractivity contribution is -0.0761. The molecule has 1 aromatic carbocycles. The van der Waals surface area contributed by atoms with E-state index in [1.807, 2.05) is 0 Å². The van der Waals surface area contributed by atoms with Crippen LogP contribution in [0.4, 0.5) is 0 Å². The summed E-state index contributed by atoms with van der Waals surface area (Å²) < 4.78 is 11.6. The average Bonchev–Trinajstić information content (AvgIpc) is 2.33. The maximum atomic E-state index is 6.07. The molecule has 3 unspecified atom stereocenters. The topological polar surface area (TPSA) is 18.5 Å². The van der Waals surface area contributed by atoms with E-state index in [1.54, 1.807) is 18.2 Å². The van der Waals surface area contributed by atoms with E-state index in [2.05, 4.69) is 22.9 Å². The van der Waals surface area contributed by atoms with Gasteiger partial charge >= 0.3 is 0 Å². The van der Waals surface area contributed by atoms with Gasteiger partial charge in [-0.1, -0.05) is 46.1 Å². The van der Waals surface area contributed by atoms with Crippen LogP contribution in [0.3, 0.4) is 0 Å². The highest BCUT2D eigenvalue weighted by molar-refractivity contribution is 9.09. The van der Waals surface area contributed by atoms with Crippen LogP contribution in [0, 0.1) is 0 Å². The van der Waals surface area contributed by atoms with Crippen LogP contribution >= 0.6 is 39.1 Å². The van der Waals surface area contributed by atoms with Crippen molar-refractivity contribution in [1.82, 2.24) is 0 Å². The second-order valence-corrected chi connectivity index (χ2v) is 6.34. The first-order valence-corrected chi connectivity index (χ1v) is 7.66. The Balaban J connectivity index is 1.98. The Labute approximate surface area is 126 Å². The molecule has 0 radical (unpaired) electrons. The summed E-state index contributed by atoms with van der Waals surface area (Å²) in [6, 6.07) is 5.23. The molecule has 100 valence electrons. The second kappa shape index (κ2) is 6.47. The molecule has 0 spiro atoms. The number of rotatable bonds is 5. The van der Waals surface area contributed by atoms with Gasteiger partial charge in [0.05, 0.1) is 5.02 Å². The van der Waals surface area contributed by atoms with Gasteiger partial charge in [0.15, 0.2) is 0 Å². The van der Waals surface area contributed by atoms with Gasteiger partial charge in [0.1, 0.15) is 18.0 Å². The van der Waals surface area contributed by atoms with E-state index in [0.29, 0.717) is 20.6 Å². The molecule has 0 aromatic heterocycles. The quantitative estimate of drug-likeness (QED) is 0.714. The van der Waals surface area contributed by atoms with Gasteiger partial charge in [-0.05, 0) is 18.6 Å². The fraction of sp³-hybridized carbons (Fsp3) is 0.538. The summed E-state index contributed by atoms with van der Waals surface area (Å²) in [5.74, 6) is 0.624. The first-order chi connectivity index (χ1) is 8.61. The molecule has 1 aliphatic rings. The van der Waals surface area contributed by atoms with Crippen LogP contribution in [-0.4, -0.2) is 23.6 Å². The van der Waals surface area contributed by atoms with Gasteiger partial charge in [0.2, 0.25) is 0 Å². The highest BCUT2D eigenvalue weighted by atomic mass is 79.9. The monoisotopic (exact) mass is 352 g/mol. The van der Waals surface area contributed by atoms with Crippen LogP contribution in [0.25, 0.3) is 0 Å². The van der Waals surface area contributed by atoms with E-state index < -0.39 is 0 Å². The summed E-state index contributed by atoms with van der Waals surface area (Å²) in [6.07, 6.45) is 2.04. The Hall–Kier alpha value is 0.0400. The molecule has 1 fully saturated rings. The van der Waals surface area contributed by atoms with Gasteiger partial charge in [0.25, 0.3) is 0 Å². The number of alkyl halides is 1. The van der Waals surface area contributed by atoms with Gasteiger partial charge in [-0.15, -0.1) is 0 Å². The lowest BCUT2D eigenvalue weighted by atomic mass is 9.91. The Morgan fingerprint density at radius 2 is 2.17 bits per heavy atom. The van der Waals surface area contributed by atoms with Gasteiger partial charge in [0, 0.05) is 28.9 Å². The zero-order valence-electron chi connectivity index (χ0n) is 10.0. The lowest BCUT2D eigenvalue weighted by Crippen LogP contribution is -2.52. The molecule has 0 aliphatic heterocycles. The zero-order valence-corrected chi connectivity index (χ0v) is 13.1. The predicted octanol–water partition coefficient (Wildman–Crippen LogP) is 4.70. The molecule has 1 aliphatic carbocycles. The fourth-order valence-corrected chi connectivity index (χ4v) is 3.02. The van der Waals surface area contributed by atoms with Crippen molar-refractivity contribution >= 4 is 39.1 Å². The smallest absolute Gasteiger partial charge is 0.139 e. The summed E-state index contributed by atoms with van der Waals surface area (Å²) in [4.78, 5) is 0.354. The van der Waals surface area contributed by atoms with Crippen molar-refractivity contribution in [2.24, 2.45) is 0 Å². The molecule has 2 rings (SSSR count). The molecule has 5 heteroatoms. The van der Waals surface area contributed by atoms with Crippen molar-refractivity contribution in [3.63, 3.8) is 0 Å². The number of benzene rings is 1. The van der Waals surface area contributed by atoms with Crippen LogP contribution in [0.1, 0.15) is 19.8 Å². The highest BCUT2D eigenvalue weighted by Gasteiger charge is 2.42. The molecular weight excluding hydrogens is 339 g/mol. The predicted molar refractivity (Wildman–Crippen MR) is 78.2 cm³/mol. The van der Waals surface area contributed by atoms with E-state index >= 15 is 0 Å². The summed E-state index contributed by atoms with van der Waals surface area (Å²) in [6.45, 7) is 2.83. The third kappa shape index (κ3) is 3.32. The molecule has 1 aromatic rings. The van der Waals surface area contributed by atoms with Gasteiger partial charge in [-0.25, -0.2) is 0 Å². The molecule has 1 saturated carbocycles. The second-order valence-electron chi connectivity index (χ2n) is 4.32. The van der Waals surface area contributed by atoms with E-state index in [0.717, 1.165) is 19.4 Å². The van der Waals surface area contributed by atoms with E-state index in [4.69, 9.17) is 32.7 Å². The van der Waals surface area contributed by atoms with Gasteiger partial charge in [-0.3, -0.25) is 0 Å². The standard InChI is InChI=1S/C13H15BrCl2O2/c1-2-5-17-13-9(14)7-12(13)18-11-6-8(15)3-4-10(11)16/h3-4,6,9,12-13H,2,5,7H2,1H3.